The van der Waals surface area contributed by atoms with Crippen LogP contribution in [0.2, 0.25) is 0 Å². The number of hydrogen-bond acceptors (Lipinski definition) is 3. The topological polar surface area (TPSA) is 29.0 Å². The number of benzene rings is 1. The van der Waals surface area contributed by atoms with E-state index in [1.54, 1.807) is 12.3 Å². The molecule has 0 unspecified atom stereocenters. The van der Waals surface area contributed by atoms with Gasteiger partial charge in [0.1, 0.15) is 0 Å². The largest absolute Gasteiger partial charge is 0.311 e. The molecule has 0 aliphatic rings. The summed E-state index contributed by atoms with van der Waals surface area (Å²) in [7, 11) is 0. The normalized spacial score (nSPS) is 9.93. The summed E-state index contributed by atoms with van der Waals surface area (Å²) in [6.45, 7) is 2.91. The molecule has 75 valence electrons. The number of aromatic nitrogens is 2. The van der Waals surface area contributed by atoms with Crippen molar-refractivity contribution in [2.75, 3.05) is 11.4 Å². The summed E-state index contributed by atoms with van der Waals surface area (Å²) in [5.41, 5.74) is 1.10. The molecule has 0 aliphatic heterocycles. The first-order valence-corrected chi connectivity index (χ1v) is 4.93. The molecule has 0 atom stereocenters. The lowest BCUT2D eigenvalue weighted by atomic mass is 10.3. The molecule has 0 amide bonds. The van der Waals surface area contributed by atoms with Gasteiger partial charge < -0.3 is 4.90 Å². The van der Waals surface area contributed by atoms with E-state index in [0.717, 1.165) is 12.2 Å². The van der Waals surface area contributed by atoms with Crippen LogP contribution in [0.1, 0.15) is 6.92 Å². The molecule has 0 fully saturated rings. The van der Waals surface area contributed by atoms with E-state index < -0.39 is 0 Å². The van der Waals surface area contributed by atoms with Crippen molar-refractivity contribution in [3.8, 4) is 0 Å². The van der Waals surface area contributed by atoms with Crippen LogP contribution in [0.25, 0.3) is 0 Å². The number of anilines is 2. The molecule has 0 saturated heterocycles. The Kier molecular flexibility index (Phi) is 2.93. The summed E-state index contributed by atoms with van der Waals surface area (Å²) in [5, 5.41) is 0. The lowest BCUT2D eigenvalue weighted by Crippen LogP contribution is -2.18. The fourth-order valence-corrected chi connectivity index (χ4v) is 1.44. The van der Waals surface area contributed by atoms with Crippen molar-refractivity contribution in [2.45, 2.75) is 6.92 Å². The fourth-order valence-electron chi connectivity index (χ4n) is 1.44. The first kappa shape index (κ1) is 9.65. The molecule has 3 heteroatoms. The minimum absolute atomic E-state index is 0.686. The molecule has 2 aromatic rings. The van der Waals surface area contributed by atoms with Crippen molar-refractivity contribution in [1.29, 1.82) is 0 Å². The minimum atomic E-state index is 0.686. The molecule has 0 N–H and O–H groups in total. The first-order valence-electron chi connectivity index (χ1n) is 4.93. The zero-order valence-electron chi connectivity index (χ0n) is 8.59. The van der Waals surface area contributed by atoms with Crippen LogP contribution in [0.4, 0.5) is 11.6 Å². The second-order valence-corrected chi connectivity index (χ2v) is 3.07. The molecule has 3 nitrogen and oxygen atoms in total. The third kappa shape index (κ3) is 2.13. The lowest BCUT2D eigenvalue weighted by molar-refractivity contribution is 0.944. The van der Waals surface area contributed by atoms with Crippen molar-refractivity contribution >= 4 is 11.6 Å². The SMILES string of the molecule is CCN(c1ccccc1)c1n[c]ccn1. The van der Waals surface area contributed by atoms with Gasteiger partial charge in [0.25, 0.3) is 0 Å². The van der Waals surface area contributed by atoms with Gasteiger partial charge in [-0.25, -0.2) is 9.97 Å². The van der Waals surface area contributed by atoms with Gasteiger partial charge in [-0.3, -0.25) is 0 Å². The highest BCUT2D eigenvalue weighted by molar-refractivity contribution is 5.56. The number of para-hydroxylation sites is 1. The van der Waals surface area contributed by atoms with E-state index in [1.165, 1.54) is 0 Å². The van der Waals surface area contributed by atoms with E-state index in [0.29, 0.717) is 5.95 Å². The highest BCUT2D eigenvalue weighted by Crippen LogP contribution is 2.19. The van der Waals surface area contributed by atoms with Crippen molar-refractivity contribution in [1.82, 2.24) is 9.97 Å². The van der Waals surface area contributed by atoms with Gasteiger partial charge in [0.2, 0.25) is 5.95 Å². The number of nitrogens with zero attached hydrogens (tertiary/aromatic N) is 3. The van der Waals surface area contributed by atoms with Gasteiger partial charge in [0, 0.05) is 18.4 Å². The maximum atomic E-state index is 4.21. The van der Waals surface area contributed by atoms with E-state index in [-0.39, 0.29) is 0 Å². The Bertz CT molecular complexity index is 360. The Morgan fingerprint density at radius 1 is 1.27 bits per heavy atom. The molecule has 0 bridgehead atoms. The first-order chi connectivity index (χ1) is 7.42. The van der Waals surface area contributed by atoms with Crippen molar-refractivity contribution < 1.29 is 0 Å². The molecule has 15 heavy (non-hydrogen) atoms. The third-order valence-electron chi connectivity index (χ3n) is 2.13. The highest BCUT2D eigenvalue weighted by atomic mass is 15.2. The van der Waals surface area contributed by atoms with Gasteiger partial charge >= 0.3 is 0 Å². The molecule has 0 aliphatic carbocycles. The highest BCUT2D eigenvalue weighted by Gasteiger charge is 2.07. The molecular formula is C12H12N3. The molecule has 1 radical (unpaired) electrons. The average Bonchev–Trinajstić information content (AvgIpc) is 2.33. The summed E-state index contributed by atoms with van der Waals surface area (Å²) < 4.78 is 0. The number of rotatable bonds is 3. The average molecular weight is 198 g/mol. The second kappa shape index (κ2) is 4.55. The standard InChI is InChI=1S/C12H12N3/c1-2-15(11-7-4-3-5-8-11)12-13-9-6-10-14-12/h3-9H,2H2,1H3. The van der Waals surface area contributed by atoms with Crippen LogP contribution in [-0.2, 0) is 0 Å². The van der Waals surface area contributed by atoms with Crippen LogP contribution in [0.5, 0.6) is 0 Å². The van der Waals surface area contributed by atoms with Crippen LogP contribution in [0.15, 0.2) is 42.6 Å². The molecule has 0 spiro atoms. The Morgan fingerprint density at radius 2 is 2.07 bits per heavy atom. The van der Waals surface area contributed by atoms with Gasteiger partial charge in [-0.15, -0.1) is 0 Å². The molecular weight excluding hydrogens is 186 g/mol. The van der Waals surface area contributed by atoms with Gasteiger partial charge in [-0.05, 0) is 25.1 Å². The molecule has 1 aromatic carbocycles. The Hall–Kier alpha value is -1.90. The minimum Gasteiger partial charge on any atom is -0.311 e. The van der Waals surface area contributed by atoms with Crippen LogP contribution in [-0.4, -0.2) is 16.5 Å². The van der Waals surface area contributed by atoms with Gasteiger partial charge in [0.15, 0.2) is 0 Å². The summed E-state index contributed by atoms with van der Waals surface area (Å²) in [4.78, 5) is 10.4. The summed E-state index contributed by atoms with van der Waals surface area (Å²) >= 11 is 0. The van der Waals surface area contributed by atoms with E-state index in [9.17, 15) is 0 Å². The van der Waals surface area contributed by atoms with Crippen LogP contribution in [0, 0.1) is 6.20 Å². The van der Waals surface area contributed by atoms with Gasteiger partial charge in [-0.2, -0.15) is 0 Å². The molecule has 0 saturated carbocycles. The van der Waals surface area contributed by atoms with Gasteiger partial charge in [-0.1, -0.05) is 18.2 Å². The summed E-state index contributed by atoms with van der Waals surface area (Å²) in [5.74, 6) is 0.686. The Balaban J connectivity index is 2.34. The van der Waals surface area contributed by atoms with Gasteiger partial charge in [0.05, 0.1) is 6.20 Å². The molecule has 1 aromatic heterocycles. The zero-order valence-corrected chi connectivity index (χ0v) is 8.59. The predicted molar refractivity (Wildman–Crippen MR) is 60.0 cm³/mol. The smallest absolute Gasteiger partial charge is 0.230 e. The van der Waals surface area contributed by atoms with E-state index in [4.69, 9.17) is 0 Å². The Morgan fingerprint density at radius 3 is 2.67 bits per heavy atom. The fraction of sp³-hybridized carbons (Fsp3) is 0.167. The summed E-state index contributed by atoms with van der Waals surface area (Å²) in [6.07, 6.45) is 4.49. The lowest BCUT2D eigenvalue weighted by Gasteiger charge is -2.20. The van der Waals surface area contributed by atoms with Crippen molar-refractivity contribution in [2.24, 2.45) is 0 Å². The maximum absolute atomic E-state index is 4.21. The zero-order chi connectivity index (χ0) is 10.5. The second-order valence-electron chi connectivity index (χ2n) is 3.07. The third-order valence-corrected chi connectivity index (χ3v) is 2.13. The monoisotopic (exact) mass is 198 g/mol. The predicted octanol–water partition coefficient (Wildman–Crippen LogP) is 2.43. The summed E-state index contributed by atoms with van der Waals surface area (Å²) in [6, 6.07) is 11.8. The van der Waals surface area contributed by atoms with E-state index in [2.05, 4.69) is 23.1 Å². The van der Waals surface area contributed by atoms with Crippen LogP contribution in [0.3, 0.4) is 0 Å². The van der Waals surface area contributed by atoms with Crippen molar-refractivity contribution in [3.05, 3.63) is 48.8 Å². The van der Waals surface area contributed by atoms with E-state index in [1.807, 2.05) is 35.2 Å². The van der Waals surface area contributed by atoms with E-state index >= 15 is 0 Å². The maximum Gasteiger partial charge on any atom is 0.230 e. The molecule has 1 heterocycles. The quantitative estimate of drug-likeness (QED) is 0.758. The van der Waals surface area contributed by atoms with Crippen LogP contribution >= 0.6 is 0 Å². The Labute approximate surface area is 89.4 Å². The van der Waals surface area contributed by atoms with Crippen LogP contribution < -0.4 is 4.90 Å². The number of hydrogen-bond donors (Lipinski definition) is 0. The molecule has 2 rings (SSSR count). The van der Waals surface area contributed by atoms with Crippen molar-refractivity contribution in [3.63, 3.8) is 0 Å².